The third-order valence-electron chi connectivity index (χ3n) is 4.83. The van der Waals surface area contributed by atoms with E-state index in [1.54, 1.807) is 43.4 Å². The van der Waals surface area contributed by atoms with E-state index in [-0.39, 0.29) is 17.9 Å². The normalized spacial score (nSPS) is 10.8. The highest BCUT2D eigenvalue weighted by Crippen LogP contribution is 2.32. The molecule has 1 aromatic heterocycles. The number of rotatable bonds is 5. The van der Waals surface area contributed by atoms with E-state index in [9.17, 15) is 9.59 Å². The third kappa shape index (κ3) is 4.59. The lowest BCUT2D eigenvalue weighted by molar-refractivity contribution is -0.115. The number of halogens is 1. The van der Waals surface area contributed by atoms with Gasteiger partial charge in [0.25, 0.3) is 5.56 Å². The summed E-state index contributed by atoms with van der Waals surface area (Å²) < 4.78 is 7.19. The summed E-state index contributed by atoms with van der Waals surface area (Å²) >= 11 is 6.14. The van der Waals surface area contributed by atoms with Crippen LogP contribution >= 0.6 is 11.6 Å². The lowest BCUT2D eigenvalue weighted by Crippen LogP contribution is -2.24. The highest BCUT2D eigenvalue weighted by atomic mass is 35.5. The van der Waals surface area contributed by atoms with E-state index in [0.717, 1.165) is 5.56 Å². The van der Waals surface area contributed by atoms with Gasteiger partial charge in [-0.15, -0.1) is 0 Å². The Morgan fingerprint density at radius 3 is 2.52 bits per heavy atom. The molecule has 6 nitrogen and oxygen atoms in total. The van der Waals surface area contributed by atoms with Gasteiger partial charge in [-0.3, -0.25) is 9.59 Å². The van der Waals surface area contributed by atoms with Crippen molar-refractivity contribution in [2.75, 3.05) is 5.32 Å². The molecule has 0 aliphatic carbocycles. The first-order valence-corrected chi connectivity index (χ1v) is 10.1. The zero-order chi connectivity index (χ0) is 22.0. The highest BCUT2D eigenvalue weighted by Gasteiger charge is 2.15. The molecule has 4 aromatic rings. The number of carbonyl (C=O) groups excluding carboxylic acids is 1. The number of aryl methyl sites for hydroxylation is 2. The fourth-order valence-corrected chi connectivity index (χ4v) is 3.45. The van der Waals surface area contributed by atoms with Crippen molar-refractivity contribution >= 4 is 34.0 Å². The Bertz CT molecular complexity index is 1330. The van der Waals surface area contributed by atoms with Crippen LogP contribution in [0.25, 0.3) is 10.8 Å². The zero-order valence-electron chi connectivity index (χ0n) is 17.1. The van der Waals surface area contributed by atoms with E-state index in [1.165, 1.54) is 4.68 Å². The minimum absolute atomic E-state index is 0.00881. The topological polar surface area (TPSA) is 73.2 Å². The number of benzene rings is 3. The van der Waals surface area contributed by atoms with Crippen LogP contribution in [0.15, 0.2) is 71.5 Å². The Balaban J connectivity index is 1.60. The largest absolute Gasteiger partial charge is 0.455 e. The van der Waals surface area contributed by atoms with Crippen molar-refractivity contribution in [2.45, 2.75) is 13.3 Å². The second-order valence-corrected chi connectivity index (χ2v) is 7.64. The molecule has 0 spiro atoms. The molecular weight excluding hydrogens is 414 g/mol. The number of nitrogens with zero attached hydrogens (tertiary/aromatic N) is 2. The Labute approximate surface area is 184 Å². The molecule has 0 unspecified atom stereocenters. The molecule has 0 aliphatic rings. The van der Waals surface area contributed by atoms with Gasteiger partial charge in [0.1, 0.15) is 5.75 Å². The average Bonchev–Trinajstić information content (AvgIpc) is 2.75. The molecule has 0 saturated heterocycles. The van der Waals surface area contributed by atoms with Crippen LogP contribution in [0.5, 0.6) is 11.5 Å². The number of anilines is 1. The first kappa shape index (κ1) is 20.6. The van der Waals surface area contributed by atoms with Crippen LogP contribution in [0.4, 0.5) is 5.69 Å². The van der Waals surface area contributed by atoms with Crippen molar-refractivity contribution in [2.24, 2.45) is 7.05 Å². The molecular formula is C24H20ClN3O3. The molecule has 0 atom stereocenters. The molecule has 1 N–H and O–H groups in total. The quantitative estimate of drug-likeness (QED) is 0.487. The molecule has 4 rings (SSSR count). The number of carbonyl (C=O) groups is 1. The Morgan fingerprint density at radius 2 is 1.77 bits per heavy atom. The molecule has 1 amide bonds. The molecule has 0 radical (unpaired) electrons. The number of ether oxygens (including phenoxy) is 1. The van der Waals surface area contributed by atoms with Crippen molar-refractivity contribution in [3.05, 3.63) is 93.4 Å². The second kappa shape index (κ2) is 8.62. The molecule has 156 valence electrons. The highest BCUT2D eigenvalue weighted by molar-refractivity contribution is 6.31. The Hall–Kier alpha value is -3.64. The third-order valence-corrected chi connectivity index (χ3v) is 5.06. The number of nitrogens with one attached hydrogen (secondary N) is 1. The lowest BCUT2D eigenvalue weighted by Gasteiger charge is -2.13. The van der Waals surface area contributed by atoms with E-state index in [1.807, 2.05) is 37.3 Å². The van der Waals surface area contributed by atoms with Crippen molar-refractivity contribution < 1.29 is 9.53 Å². The van der Waals surface area contributed by atoms with Crippen LogP contribution in [0.1, 0.15) is 11.3 Å². The van der Waals surface area contributed by atoms with Crippen LogP contribution in [0.2, 0.25) is 5.02 Å². The summed E-state index contributed by atoms with van der Waals surface area (Å²) in [5, 5.41) is 8.79. The van der Waals surface area contributed by atoms with E-state index in [0.29, 0.717) is 38.7 Å². The van der Waals surface area contributed by atoms with E-state index in [2.05, 4.69) is 10.4 Å². The van der Waals surface area contributed by atoms with Gasteiger partial charge in [-0.1, -0.05) is 47.5 Å². The predicted octanol–water partition coefficient (Wildman–Crippen LogP) is 4.87. The number of fused-ring (bicyclic) bond motifs is 1. The maximum absolute atomic E-state index is 12.8. The van der Waals surface area contributed by atoms with Crippen LogP contribution in [0, 0.1) is 6.92 Å². The molecule has 1 heterocycles. The second-order valence-electron chi connectivity index (χ2n) is 7.20. The predicted molar refractivity (Wildman–Crippen MR) is 122 cm³/mol. The first-order valence-electron chi connectivity index (χ1n) is 9.69. The van der Waals surface area contributed by atoms with Crippen molar-refractivity contribution in [3.8, 4) is 11.5 Å². The smallest absolute Gasteiger partial charge is 0.274 e. The lowest BCUT2D eigenvalue weighted by atomic mass is 10.1. The standard InChI is InChI=1S/C24H20ClN3O3/c1-15-7-10-17(11-8-15)31-22-12-9-16(25)13-21(22)26-23(29)14-20-18-5-3-4-6-19(18)24(30)28(2)27-20/h3-13H,14H2,1-2H3,(H,26,29). The van der Waals surface area contributed by atoms with Gasteiger partial charge in [0.05, 0.1) is 23.2 Å². The van der Waals surface area contributed by atoms with Crippen molar-refractivity contribution in [3.63, 3.8) is 0 Å². The van der Waals surface area contributed by atoms with Crippen LogP contribution in [-0.2, 0) is 18.3 Å². The van der Waals surface area contributed by atoms with Gasteiger partial charge in [0.15, 0.2) is 5.75 Å². The minimum Gasteiger partial charge on any atom is -0.455 e. The number of aromatic nitrogens is 2. The summed E-state index contributed by atoms with van der Waals surface area (Å²) in [4.78, 5) is 25.1. The van der Waals surface area contributed by atoms with Gasteiger partial charge in [-0.2, -0.15) is 5.10 Å². The monoisotopic (exact) mass is 433 g/mol. The maximum atomic E-state index is 12.8. The maximum Gasteiger partial charge on any atom is 0.274 e. The van der Waals surface area contributed by atoms with Gasteiger partial charge in [-0.25, -0.2) is 4.68 Å². The summed E-state index contributed by atoms with van der Waals surface area (Å²) in [6.45, 7) is 1.99. The molecule has 7 heteroatoms. The molecule has 0 saturated carbocycles. The average molecular weight is 434 g/mol. The minimum atomic E-state index is -0.299. The molecule has 0 aliphatic heterocycles. The van der Waals surface area contributed by atoms with Crippen molar-refractivity contribution in [1.82, 2.24) is 9.78 Å². The van der Waals surface area contributed by atoms with Gasteiger partial charge >= 0.3 is 0 Å². The first-order chi connectivity index (χ1) is 14.9. The fourth-order valence-electron chi connectivity index (χ4n) is 3.28. The zero-order valence-corrected chi connectivity index (χ0v) is 17.8. The summed E-state index contributed by atoms with van der Waals surface area (Å²) in [7, 11) is 1.57. The number of amides is 1. The summed E-state index contributed by atoms with van der Waals surface area (Å²) in [6, 6.07) is 19.8. The van der Waals surface area contributed by atoms with Crippen LogP contribution in [0.3, 0.4) is 0 Å². The van der Waals surface area contributed by atoms with E-state index in [4.69, 9.17) is 16.3 Å². The van der Waals surface area contributed by atoms with Crippen molar-refractivity contribution in [1.29, 1.82) is 0 Å². The van der Waals surface area contributed by atoms with Gasteiger partial charge < -0.3 is 10.1 Å². The fraction of sp³-hybridized carbons (Fsp3) is 0.125. The molecule has 0 fully saturated rings. The summed E-state index contributed by atoms with van der Waals surface area (Å²) in [5.41, 5.74) is 1.88. The Morgan fingerprint density at radius 1 is 1.06 bits per heavy atom. The Kier molecular flexibility index (Phi) is 5.73. The van der Waals surface area contributed by atoms with Gasteiger partial charge in [0.2, 0.25) is 5.91 Å². The summed E-state index contributed by atoms with van der Waals surface area (Å²) in [6.07, 6.45) is -0.00881. The SMILES string of the molecule is Cc1ccc(Oc2ccc(Cl)cc2NC(=O)Cc2nn(C)c(=O)c3ccccc23)cc1. The van der Waals surface area contributed by atoms with Gasteiger partial charge in [-0.05, 0) is 43.3 Å². The number of hydrogen-bond acceptors (Lipinski definition) is 4. The van der Waals surface area contributed by atoms with E-state index >= 15 is 0 Å². The summed E-state index contributed by atoms with van der Waals surface area (Å²) in [5.74, 6) is 0.821. The van der Waals surface area contributed by atoms with E-state index < -0.39 is 0 Å². The van der Waals surface area contributed by atoms with Crippen LogP contribution < -0.4 is 15.6 Å². The molecule has 31 heavy (non-hydrogen) atoms. The molecule has 0 bridgehead atoms. The number of hydrogen-bond donors (Lipinski definition) is 1. The molecule has 3 aromatic carbocycles. The van der Waals surface area contributed by atoms with Crippen LogP contribution in [-0.4, -0.2) is 15.7 Å². The van der Waals surface area contributed by atoms with Gasteiger partial charge in [0, 0.05) is 17.5 Å².